The van der Waals surface area contributed by atoms with E-state index in [0.29, 0.717) is 10.7 Å². The number of aromatic amines is 1. The zero-order valence-corrected chi connectivity index (χ0v) is 7.99. The Kier molecular flexibility index (Phi) is 2.02. The van der Waals surface area contributed by atoms with E-state index < -0.39 is 5.24 Å². The molecule has 1 aromatic carbocycles. The van der Waals surface area contributed by atoms with Gasteiger partial charge in [0.1, 0.15) is 0 Å². The molecule has 13 heavy (non-hydrogen) atoms. The predicted molar refractivity (Wildman–Crippen MR) is 53.5 cm³/mol. The summed E-state index contributed by atoms with van der Waals surface area (Å²) in [6.07, 6.45) is 0. The van der Waals surface area contributed by atoms with E-state index in [-0.39, 0.29) is 0 Å². The van der Waals surface area contributed by atoms with E-state index in [1.54, 1.807) is 24.3 Å². The second-order valence-corrected chi connectivity index (χ2v) is 3.47. The zero-order valence-electron chi connectivity index (χ0n) is 6.47. The molecule has 0 atom stereocenters. The molecular weight excluding hydrogens is 209 g/mol. The van der Waals surface area contributed by atoms with Crippen molar-refractivity contribution in [2.45, 2.75) is 0 Å². The predicted octanol–water partition coefficient (Wildman–Crippen LogP) is 3.20. The van der Waals surface area contributed by atoms with Crippen LogP contribution in [0.4, 0.5) is 0 Å². The fourth-order valence-corrected chi connectivity index (χ4v) is 1.49. The van der Waals surface area contributed by atoms with Gasteiger partial charge in [0.25, 0.3) is 5.24 Å². The number of hydrogen-bond donors (Lipinski definition) is 1. The summed E-state index contributed by atoms with van der Waals surface area (Å²) in [4.78, 5) is 13.7. The lowest BCUT2D eigenvalue weighted by atomic mass is 10.2. The molecule has 0 spiro atoms. The number of benzene rings is 1. The molecule has 0 amide bonds. The van der Waals surface area contributed by atoms with Gasteiger partial charge in [-0.3, -0.25) is 4.79 Å². The molecule has 0 aliphatic carbocycles. The topological polar surface area (TPSA) is 32.9 Å². The number of halogens is 2. The van der Waals surface area contributed by atoms with Gasteiger partial charge in [-0.1, -0.05) is 11.6 Å². The van der Waals surface area contributed by atoms with Crippen LogP contribution in [0.15, 0.2) is 24.3 Å². The Balaban J connectivity index is 2.68. The molecule has 0 unspecified atom stereocenters. The highest BCUT2D eigenvalue weighted by atomic mass is 35.5. The fourth-order valence-electron chi connectivity index (χ4n) is 1.21. The first-order valence-corrected chi connectivity index (χ1v) is 4.40. The minimum atomic E-state index is -0.493. The van der Waals surface area contributed by atoms with Crippen LogP contribution >= 0.6 is 23.2 Å². The molecule has 2 rings (SSSR count). The molecule has 1 N–H and O–H groups in total. The summed E-state index contributed by atoms with van der Waals surface area (Å²) < 4.78 is 0. The van der Waals surface area contributed by atoms with Crippen molar-refractivity contribution in [3.8, 4) is 0 Å². The fraction of sp³-hybridized carbons (Fsp3) is 0. The molecular formula is C9H5Cl2NO. The van der Waals surface area contributed by atoms with Gasteiger partial charge in [-0.25, -0.2) is 0 Å². The highest BCUT2D eigenvalue weighted by Gasteiger charge is 2.05. The van der Waals surface area contributed by atoms with Gasteiger partial charge in [0.2, 0.25) is 0 Å². The normalized spacial score (nSPS) is 10.6. The van der Waals surface area contributed by atoms with E-state index in [4.69, 9.17) is 23.2 Å². The first-order valence-electron chi connectivity index (χ1n) is 3.65. The Morgan fingerprint density at radius 2 is 2.08 bits per heavy atom. The quantitative estimate of drug-likeness (QED) is 0.726. The van der Waals surface area contributed by atoms with Gasteiger partial charge in [-0.2, -0.15) is 0 Å². The highest BCUT2D eigenvalue weighted by molar-refractivity contribution is 6.67. The second kappa shape index (κ2) is 3.05. The van der Waals surface area contributed by atoms with Crippen LogP contribution in [-0.4, -0.2) is 10.2 Å². The highest BCUT2D eigenvalue weighted by Crippen LogP contribution is 2.20. The SMILES string of the molecule is O=C(Cl)c1cc2cc(Cl)ccc2[nH]1. The molecule has 1 heterocycles. The summed E-state index contributed by atoms with van der Waals surface area (Å²) in [5.74, 6) is 0. The minimum absolute atomic E-state index is 0.388. The van der Waals surface area contributed by atoms with Crippen LogP contribution in [0, 0.1) is 0 Å². The summed E-state index contributed by atoms with van der Waals surface area (Å²) >= 11 is 11.1. The standard InChI is InChI=1S/C9H5Cl2NO/c10-6-1-2-7-5(3-6)4-8(12-7)9(11)13/h1-4,12H. The van der Waals surface area contributed by atoms with E-state index in [0.717, 1.165) is 10.9 Å². The van der Waals surface area contributed by atoms with Crippen molar-refractivity contribution >= 4 is 39.3 Å². The third kappa shape index (κ3) is 1.55. The average molecular weight is 214 g/mol. The summed E-state index contributed by atoms with van der Waals surface area (Å²) in [6.45, 7) is 0. The van der Waals surface area contributed by atoms with Crippen molar-refractivity contribution in [3.05, 3.63) is 35.0 Å². The Morgan fingerprint density at radius 3 is 2.77 bits per heavy atom. The zero-order chi connectivity index (χ0) is 9.42. The molecule has 1 aromatic heterocycles. The lowest BCUT2D eigenvalue weighted by molar-refractivity contribution is 0.107. The Morgan fingerprint density at radius 1 is 1.31 bits per heavy atom. The first kappa shape index (κ1) is 8.60. The summed E-state index contributed by atoms with van der Waals surface area (Å²) in [5.41, 5.74) is 1.24. The van der Waals surface area contributed by atoms with Crippen LogP contribution in [-0.2, 0) is 0 Å². The van der Waals surface area contributed by atoms with Gasteiger partial charge in [0.05, 0.1) is 5.69 Å². The number of hydrogen-bond acceptors (Lipinski definition) is 1. The number of aromatic nitrogens is 1. The van der Waals surface area contributed by atoms with Crippen LogP contribution in [0.5, 0.6) is 0 Å². The van der Waals surface area contributed by atoms with Crippen molar-refractivity contribution in [2.75, 3.05) is 0 Å². The van der Waals surface area contributed by atoms with Crippen molar-refractivity contribution in [1.29, 1.82) is 0 Å². The molecule has 0 bridgehead atoms. The number of fused-ring (bicyclic) bond motifs is 1. The number of nitrogens with one attached hydrogen (secondary N) is 1. The second-order valence-electron chi connectivity index (χ2n) is 2.69. The summed E-state index contributed by atoms with van der Waals surface area (Å²) in [6, 6.07) is 7.01. The van der Waals surface area contributed by atoms with Gasteiger partial charge in [-0.15, -0.1) is 0 Å². The molecule has 2 aromatic rings. The van der Waals surface area contributed by atoms with Crippen LogP contribution in [0.1, 0.15) is 10.5 Å². The van der Waals surface area contributed by atoms with Crippen molar-refractivity contribution in [1.82, 2.24) is 4.98 Å². The third-order valence-electron chi connectivity index (χ3n) is 1.79. The maximum atomic E-state index is 10.8. The van der Waals surface area contributed by atoms with Crippen molar-refractivity contribution in [3.63, 3.8) is 0 Å². The van der Waals surface area contributed by atoms with E-state index >= 15 is 0 Å². The average Bonchev–Trinajstić information content (AvgIpc) is 2.46. The molecule has 0 aliphatic heterocycles. The lowest BCUT2D eigenvalue weighted by Gasteiger charge is -1.88. The number of H-pyrrole nitrogens is 1. The van der Waals surface area contributed by atoms with Gasteiger partial charge >= 0.3 is 0 Å². The smallest absolute Gasteiger partial charge is 0.268 e. The van der Waals surface area contributed by atoms with Gasteiger partial charge in [0, 0.05) is 15.9 Å². The van der Waals surface area contributed by atoms with Gasteiger partial charge < -0.3 is 4.98 Å². The summed E-state index contributed by atoms with van der Waals surface area (Å²) in [5, 5.41) is 1.03. The molecule has 0 saturated heterocycles. The van der Waals surface area contributed by atoms with Crippen LogP contribution < -0.4 is 0 Å². The Labute approximate surface area is 84.5 Å². The van der Waals surface area contributed by atoms with Gasteiger partial charge in [-0.05, 0) is 35.9 Å². The number of carbonyl (C=O) groups is 1. The molecule has 0 radical (unpaired) electrons. The van der Waals surface area contributed by atoms with E-state index in [1.165, 1.54) is 0 Å². The molecule has 0 aliphatic rings. The Bertz CT molecular complexity index is 475. The van der Waals surface area contributed by atoms with E-state index in [2.05, 4.69) is 4.98 Å². The largest absolute Gasteiger partial charge is 0.351 e. The monoisotopic (exact) mass is 213 g/mol. The Hall–Kier alpha value is -0.990. The maximum absolute atomic E-state index is 10.8. The maximum Gasteiger partial charge on any atom is 0.268 e. The summed E-state index contributed by atoms with van der Waals surface area (Å²) in [7, 11) is 0. The number of rotatable bonds is 1. The molecule has 4 heteroatoms. The van der Waals surface area contributed by atoms with Crippen LogP contribution in [0.2, 0.25) is 5.02 Å². The van der Waals surface area contributed by atoms with Crippen LogP contribution in [0.25, 0.3) is 10.9 Å². The molecule has 2 nitrogen and oxygen atoms in total. The van der Waals surface area contributed by atoms with Gasteiger partial charge in [0.15, 0.2) is 0 Å². The van der Waals surface area contributed by atoms with Crippen molar-refractivity contribution < 1.29 is 4.79 Å². The third-order valence-corrected chi connectivity index (χ3v) is 2.23. The molecule has 0 saturated carbocycles. The first-order chi connectivity index (χ1) is 6.16. The lowest BCUT2D eigenvalue weighted by Crippen LogP contribution is -1.85. The van der Waals surface area contributed by atoms with Crippen molar-refractivity contribution in [2.24, 2.45) is 0 Å². The van der Waals surface area contributed by atoms with E-state index in [1.807, 2.05) is 0 Å². The number of carbonyl (C=O) groups excluding carboxylic acids is 1. The van der Waals surface area contributed by atoms with E-state index in [9.17, 15) is 4.79 Å². The molecule has 0 fully saturated rings. The minimum Gasteiger partial charge on any atom is -0.351 e. The van der Waals surface area contributed by atoms with Crippen LogP contribution in [0.3, 0.4) is 0 Å². The molecule has 66 valence electrons.